The fraction of sp³-hybridized carbons (Fsp3) is 0.400. The lowest BCUT2D eigenvalue weighted by atomic mass is 10.2. The summed E-state index contributed by atoms with van der Waals surface area (Å²) in [5, 5.41) is 0. The van der Waals surface area contributed by atoms with Crippen LogP contribution < -0.4 is 4.89 Å². The minimum Gasteiger partial charge on any atom is -0.741 e. The summed E-state index contributed by atoms with van der Waals surface area (Å²) in [4.78, 5) is 14.0. The molecule has 0 N–H and O–H groups in total. The summed E-state index contributed by atoms with van der Waals surface area (Å²) in [6.45, 7) is -1.06. The Kier molecular flexibility index (Phi) is 5.44. The predicted octanol–water partition coefficient (Wildman–Crippen LogP) is 2.49. The molecule has 0 radical (unpaired) electrons. The summed E-state index contributed by atoms with van der Waals surface area (Å²) in [5.74, 6) is 0. The number of hydrogen-bond acceptors (Lipinski definition) is 4. The maximum absolute atomic E-state index is 12.0. The van der Waals surface area contributed by atoms with Gasteiger partial charge in [-0.05, 0) is 24.8 Å². The van der Waals surface area contributed by atoms with Crippen molar-refractivity contribution in [2.24, 2.45) is 0 Å². The van der Waals surface area contributed by atoms with Crippen LogP contribution in [0.2, 0.25) is 0 Å². The van der Waals surface area contributed by atoms with Crippen molar-refractivity contribution in [3.63, 3.8) is 0 Å². The normalized spacial score (nSPS) is 11.6. The van der Waals surface area contributed by atoms with E-state index in [-0.39, 0.29) is 0 Å². The molecule has 1 rings (SSSR count). The topological polar surface area (TPSA) is 41.5 Å². The molecule has 3 nitrogen and oxygen atoms in total. The number of benzene rings is 1. The Morgan fingerprint density at radius 1 is 1.31 bits per heavy atom. The first-order chi connectivity index (χ1) is 7.54. The molecule has 0 fully saturated rings. The summed E-state index contributed by atoms with van der Waals surface area (Å²) in [7, 11) is 3.94. The first-order valence-electron chi connectivity index (χ1n) is 4.60. The highest BCUT2D eigenvalue weighted by molar-refractivity contribution is 8.16. The van der Waals surface area contributed by atoms with Crippen molar-refractivity contribution in [1.29, 1.82) is 0 Å². The van der Waals surface area contributed by atoms with Gasteiger partial charge in [-0.15, -0.1) is 11.8 Å². The molecular weight excluding hydrogens is 263 g/mol. The highest BCUT2D eigenvalue weighted by Gasteiger charge is 2.20. The molecule has 1 aromatic carbocycles. The van der Waals surface area contributed by atoms with Crippen molar-refractivity contribution in [3.05, 3.63) is 23.8 Å². The summed E-state index contributed by atoms with van der Waals surface area (Å²) in [5.41, 5.74) is 1.12. The molecule has 0 saturated heterocycles. The fourth-order valence-electron chi connectivity index (χ4n) is 1.12. The second-order valence-electron chi connectivity index (χ2n) is 3.06. The third kappa shape index (κ3) is 3.55. The molecule has 0 saturated carbocycles. The van der Waals surface area contributed by atoms with Gasteiger partial charge in [0.1, 0.15) is 0 Å². The van der Waals surface area contributed by atoms with E-state index in [1.807, 2.05) is 31.4 Å². The zero-order chi connectivity index (χ0) is 12.2. The molecule has 0 aliphatic heterocycles. The van der Waals surface area contributed by atoms with Gasteiger partial charge in [0.15, 0.2) is 0 Å². The molecule has 0 heterocycles. The molecule has 0 atom stereocenters. The van der Waals surface area contributed by atoms with Crippen LogP contribution in [0.25, 0.3) is 0 Å². The molecule has 1 aromatic rings. The largest absolute Gasteiger partial charge is 0.741 e. The molecule has 90 valence electrons. The highest BCUT2D eigenvalue weighted by atomic mass is 32.5. The molecule has 6 heteroatoms. The van der Waals surface area contributed by atoms with E-state index in [4.69, 9.17) is 9.05 Å². The standard InChI is InChI=1S/C10H15O3PS2/c1-8-5-6-9(15-4)10(7-8)16-14(11,12-2)13-3/h5-7H,1-4H3. The van der Waals surface area contributed by atoms with E-state index in [1.54, 1.807) is 11.8 Å². The van der Waals surface area contributed by atoms with Gasteiger partial charge in [0.05, 0.1) is 4.90 Å². The van der Waals surface area contributed by atoms with Gasteiger partial charge in [-0.25, -0.2) is 0 Å². The molecule has 0 aliphatic carbocycles. The monoisotopic (exact) mass is 278 g/mol. The molecule has 0 aliphatic rings. The quantitative estimate of drug-likeness (QED) is 0.482. The molecule has 16 heavy (non-hydrogen) atoms. The lowest BCUT2D eigenvalue weighted by Gasteiger charge is -2.14. The average molecular weight is 278 g/mol. The van der Waals surface area contributed by atoms with E-state index in [9.17, 15) is 4.89 Å². The molecule has 0 aromatic heterocycles. The van der Waals surface area contributed by atoms with Crippen molar-refractivity contribution in [3.8, 4) is 0 Å². The zero-order valence-corrected chi connectivity index (χ0v) is 12.2. The van der Waals surface area contributed by atoms with Gasteiger partial charge in [-0.3, -0.25) is 0 Å². The van der Waals surface area contributed by atoms with Crippen LogP contribution in [0.15, 0.2) is 28.0 Å². The minimum absolute atomic E-state index is 0.930. The summed E-state index contributed by atoms with van der Waals surface area (Å²) in [6, 6.07) is 6.03. The second-order valence-corrected chi connectivity index (χ2v) is 8.04. The van der Waals surface area contributed by atoms with Crippen molar-refractivity contribution in [1.82, 2.24) is 0 Å². The highest BCUT2D eigenvalue weighted by Crippen LogP contribution is 2.41. The molecule has 0 spiro atoms. The van der Waals surface area contributed by atoms with E-state index >= 15 is 0 Å². The number of hydrogen-bond donors (Lipinski definition) is 0. The molecule has 0 bridgehead atoms. The van der Waals surface area contributed by atoms with Crippen molar-refractivity contribution in [2.75, 3.05) is 20.5 Å². The second kappa shape index (κ2) is 6.15. The van der Waals surface area contributed by atoms with Crippen LogP contribution in [0.3, 0.4) is 0 Å². The first-order valence-corrected chi connectivity index (χ1v) is 8.79. The van der Waals surface area contributed by atoms with E-state index in [2.05, 4.69) is 0 Å². The van der Waals surface area contributed by atoms with Gasteiger partial charge >= 0.3 is 6.72 Å². The maximum Gasteiger partial charge on any atom is 0.325 e. The van der Waals surface area contributed by atoms with Gasteiger partial charge < -0.3 is 13.9 Å². The third-order valence-electron chi connectivity index (χ3n) is 1.98. The minimum atomic E-state index is -3.06. The molecule has 0 unspecified atom stereocenters. The van der Waals surface area contributed by atoms with Crippen LogP contribution in [0, 0.1) is 6.92 Å². The van der Waals surface area contributed by atoms with Crippen LogP contribution >= 0.6 is 18.5 Å². The van der Waals surface area contributed by atoms with Crippen LogP contribution in [-0.4, -0.2) is 20.5 Å². The van der Waals surface area contributed by atoms with Crippen molar-refractivity contribution in [2.45, 2.75) is 16.7 Å². The maximum atomic E-state index is 12.0. The van der Waals surface area contributed by atoms with Gasteiger partial charge in [0.25, 0.3) is 0 Å². The summed E-state index contributed by atoms with van der Waals surface area (Å²) >= 11 is 1.61. The SMILES string of the molecule is COP([O-])(OC)=[S+]c1cc(C)ccc1SC. The summed E-state index contributed by atoms with van der Waals surface area (Å²) < 4.78 is 9.83. The lowest BCUT2D eigenvalue weighted by Crippen LogP contribution is -2.05. The van der Waals surface area contributed by atoms with E-state index < -0.39 is 6.72 Å². The van der Waals surface area contributed by atoms with Crippen molar-refractivity contribution >= 4 is 29.4 Å². The average Bonchev–Trinajstić information content (AvgIpc) is 2.29. The van der Waals surface area contributed by atoms with Gasteiger partial charge in [-0.2, -0.15) is 0 Å². The fourth-order valence-corrected chi connectivity index (χ4v) is 4.71. The van der Waals surface area contributed by atoms with Gasteiger partial charge in [-0.1, -0.05) is 6.07 Å². The van der Waals surface area contributed by atoms with Gasteiger partial charge in [0.2, 0.25) is 15.8 Å². The first kappa shape index (κ1) is 14.2. The molecule has 0 amide bonds. The Morgan fingerprint density at radius 2 is 1.94 bits per heavy atom. The number of aryl methyl sites for hydroxylation is 1. The van der Waals surface area contributed by atoms with Gasteiger partial charge in [0, 0.05) is 20.3 Å². The Labute approximate surface area is 104 Å². The third-order valence-corrected chi connectivity index (χ3v) is 6.71. The Balaban J connectivity index is 3.27. The van der Waals surface area contributed by atoms with Crippen LogP contribution in [0.5, 0.6) is 0 Å². The van der Waals surface area contributed by atoms with Crippen LogP contribution in [0.1, 0.15) is 5.56 Å². The van der Waals surface area contributed by atoms with Crippen LogP contribution in [-0.2, 0) is 20.0 Å². The van der Waals surface area contributed by atoms with E-state index in [0.29, 0.717) is 0 Å². The number of rotatable bonds is 4. The van der Waals surface area contributed by atoms with E-state index in [0.717, 1.165) is 26.3 Å². The Morgan fingerprint density at radius 3 is 2.44 bits per heavy atom. The lowest BCUT2D eigenvalue weighted by molar-refractivity contribution is -0.202. The Bertz CT molecular complexity index is 413. The molecular formula is C10H15O3PS2. The smallest absolute Gasteiger partial charge is 0.325 e. The van der Waals surface area contributed by atoms with E-state index in [1.165, 1.54) is 14.2 Å². The number of thioether (sulfide) groups is 1. The predicted molar refractivity (Wildman–Crippen MR) is 69.5 cm³/mol. The van der Waals surface area contributed by atoms with Crippen molar-refractivity contribution < 1.29 is 13.9 Å². The van der Waals surface area contributed by atoms with Crippen LogP contribution in [0.4, 0.5) is 0 Å². The summed E-state index contributed by atoms with van der Waals surface area (Å²) in [6.07, 6.45) is 1.99. The zero-order valence-electron chi connectivity index (χ0n) is 9.72. The Hall–Kier alpha value is 0.100.